The Morgan fingerprint density at radius 3 is 3.12 bits per heavy atom. The average Bonchev–Trinajstić information content (AvgIpc) is 2.34. The molecule has 0 bridgehead atoms. The number of rotatable bonds is 6. The van der Waals surface area contributed by atoms with Gasteiger partial charge in [0.15, 0.2) is 0 Å². The van der Waals surface area contributed by atoms with Crippen molar-refractivity contribution in [2.24, 2.45) is 5.11 Å². The van der Waals surface area contributed by atoms with Crippen LogP contribution in [-0.2, 0) is 0 Å². The van der Waals surface area contributed by atoms with Gasteiger partial charge in [0.25, 0.3) is 0 Å². The fourth-order valence-electron chi connectivity index (χ4n) is 1.27. The zero-order chi connectivity index (χ0) is 12.5. The molecule has 0 aliphatic carbocycles. The number of aromatic nitrogens is 1. The van der Waals surface area contributed by atoms with E-state index in [0.29, 0.717) is 19.5 Å². The van der Waals surface area contributed by atoms with Crippen LogP contribution in [0.3, 0.4) is 0 Å². The molecule has 1 aromatic rings. The second kappa shape index (κ2) is 7.63. The van der Waals surface area contributed by atoms with Crippen molar-refractivity contribution in [1.82, 2.24) is 10.3 Å². The highest BCUT2D eigenvalue weighted by Crippen LogP contribution is 2.15. The summed E-state index contributed by atoms with van der Waals surface area (Å²) in [5, 5.41) is 15.5. The van der Waals surface area contributed by atoms with Gasteiger partial charge < -0.3 is 0 Å². The molecule has 0 amide bonds. The second-order valence-electron chi connectivity index (χ2n) is 3.26. The van der Waals surface area contributed by atoms with Gasteiger partial charge in [0.2, 0.25) is 0 Å². The molecular weight excluding hydrogens is 284 g/mol. The predicted molar refractivity (Wildman–Crippen MR) is 66.9 cm³/mol. The van der Waals surface area contributed by atoms with Crippen LogP contribution in [0, 0.1) is 11.3 Å². The van der Waals surface area contributed by atoms with Crippen molar-refractivity contribution < 1.29 is 0 Å². The second-order valence-corrected chi connectivity index (χ2v) is 4.18. The van der Waals surface area contributed by atoms with Crippen LogP contribution in [0.1, 0.15) is 18.0 Å². The van der Waals surface area contributed by atoms with Gasteiger partial charge in [-0.2, -0.15) is 5.26 Å². The first kappa shape index (κ1) is 13.5. The van der Waals surface area contributed by atoms with E-state index in [-0.39, 0.29) is 0 Å². The summed E-state index contributed by atoms with van der Waals surface area (Å²) in [6.45, 7) is 1.04. The minimum Gasteiger partial charge on any atom is -0.298 e. The normalized spacial score (nSPS) is 11.3. The molecule has 0 aliphatic rings. The van der Waals surface area contributed by atoms with Crippen molar-refractivity contribution in [2.75, 3.05) is 13.1 Å². The fraction of sp³-hybridized carbons (Fsp3) is 0.400. The van der Waals surface area contributed by atoms with E-state index in [1.54, 1.807) is 12.4 Å². The van der Waals surface area contributed by atoms with E-state index in [0.717, 1.165) is 10.0 Å². The van der Waals surface area contributed by atoms with E-state index >= 15 is 0 Å². The Morgan fingerprint density at radius 1 is 1.65 bits per heavy atom. The number of hydrogen-bond donors (Lipinski definition) is 1. The van der Waals surface area contributed by atoms with Gasteiger partial charge in [-0.25, -0.2) is 0 Å². The minimum absolute atomic E-state index is 0.397. The van der Waals surface area contributed by atoms with Crippen molar-refractivity contribution >= 4 is 15.9 Å². The van der Waals surface area contributed by atoms with Crippen molar-refractivity contribution in [3.63, 3.8) is 0 Å². The summed E-state index contributed by atoms with van der Waals surface area (Å²) in [7, 11) is 0. The van der Waals surface area contributed by atoms with Gasteiger partial charge in [0.1, 0.15) is 6.04 Å². The van der Waals surface area contributed by atoms with Gasteiger partial charge in [0.05, 0.1) is 6.07 Å². The molecule has 0 fully saturated rings. The third-order valence-corrected chi connectivity index (χ3v) is 2.47. The number of nitriles is 1. The topological polar surface area (TPSA) is 97.5 Å². The Labute approximate surface area is 107 Å². The van der Waals surface area contributed by atoms with Gasteiger partial charge in [-0.05, 0) is 40.5 Å². The minimum atomic E-state index is -0.397. The van der Waals surface area contributed by atoms with Crippen molar-refractivity contribution in [3.05, 3.63) is 38.9 Å². The number of nitrogens with zero attached hydrogens (tertiary/aromatic N) is 5. The third kappa shape index (κ3) is 4.83. The highest BCUT2D eigenvalue weighted by atomic mass is 79.9. The van der Waals surface area contributed by atoms with Crippen LogP contribution in [0.2, 0.25) is 0 Å². The molecule has 1 aromatic heterocycles. The number of pyridine rings is 1. The monoisotopic (exact) mass is 294 g/mol. The zero-order valence-electron chi connectivity index (χ0n) is 9.04. The summed E-state index contributed by atoms with van der Waals surface area (Å²) < 4.78 is 0.839. The lowest BCUT2D eigenvalue weighted by atomic mass is 10.1. The van der Waals surface area contributed by atoms with E-state index < -0.39 is 6.04 Å². The maximum Gasteiger partial charge on any atom is 0.122 e. The molecule has 0 spiro atoms. The molecule has 0 aliphatic heterocycles. The van der Waals surface area contributed by atoms with Crippen molar-refractivity contribution in [3.8, 4) is 6.07 Å². The van der Waals surface area contributed by atoms with E-state index in [1.807, 2.05) is 6.07 Å². The third-order valence-electron chi connectivity index (χ3n) is 2.04. The molecule has 0 radical (unpaired) electrons. The summed E-state index contributed by atoms with van der Waals surface area (Å²) in [4.78, 5) is 6.66. The van der Waals surface area contributed by atoms with Gasteiger partial charge in [-0.3, -0.25) is 10.3 Å². The molecule has 88 valence electrons. The van der Waals surface area contributed by atoms with Crippen LogP contribution < -0.4 is 5.32 Å². The predicted octanol–water partition coefficient (Wildman–Crippen LogP) is 2.70. The lowest BCUT2D eigenvalue weighted by Crippen LogP contribution is -2.21. The van der Waals surface area contributed by atoms with Crippen molar-refractivity contribution in [1.29, 1.82) is 5.26 Å². The number of halogens is 1. The van der Waals surface area contributed by atoms with Gasteiger partial charge in [-0.1, -0.05) is 5.11 Å². The lowest BCUT2D eigenvalue weighted by Gasteiger charge is -2.10. The zero-order valence-corrected chi connectivity index (χ0v) is 10.6. The summed E-state index contributed by atoms with van der Waals surface area (Å²) in [6, 6.07) is 3.61. The Hall–Kier alpha value is -1.61. The first-order chi connectivity index (χ1) is 8.27. The Morgan fingerprint density at radius 2 is 2.47 bits per heavy atom. The molecule has 0 aromatic carbocycles. The first-order valence-electron chi connectivity index (χ1n) is 5.02. The number of nitrogens with one attached hydrogen (secondary N) is 1. The molecule has 1 unspecified atom stereocenters. The first-order valence-corrected chi connectivity index (χ1v) is 5.81. The molecule has 6 nitrogen and oxygen atoms in total. The van der Waals surface area contributed by atoms with Crippen LogP contribution in [-0.4, -0.2) is 18.1 Å². The molecule has 1 rings (SSSR count). The average molecular weight is 295 g/mol. The lowest BCUT2D eigenvalue weighted by molar-refractivity contribution is 0.606. The number of hydrogen-bond acceptors (Lipinski definition) is 4. The highest BCUT2D eigenvalue weighted by Gasteiger charge is 2.09. The summed E-state index contributed by atoms with van der Waals surface area (Å²) in [6.07, 6.45) is 4.02. The maximum absolute atomic E-state index is 9.04. The van der Waals surface area contributed by atoms with Gasteiger partial charge in [-0.15, -0.1) is 0 Å². The van der Waals surface area contributed by atoms with Gasteiger partial charge in [0, 0.05) is 33.9 Å². The van der Waals surface area contributed by atoms with Crippen molar-refractivity contribution in [2.45, 2.75) is 12.5 Å². The molecule has 17 heavy (non-hydrogen) atoms. The van der Waals surface area contributed by atoms with E-state index in [4.69, 9.17) is 10.8 Å². The summed E-state index contributed by atoms with van der Waals surface area (Å²) >= 11 is 3.31. The quantitative estimate of drug-likeness (QED) is 0.378. The molecular formula is C10H11BrN6. The Bertz CT molecular complexity index is 448. The van der Waals surface area contributed by atoms with Crippen LogP contribution in [0.5, 0.6) is 0 Å². The van der Waals surface area contributed by atoms with Crippen LogP contribution in [0.25, 0.3) is 10.4 Å². The van der Waals surface area contributed by atoms with Crippen LogP contribution in [0.4, 0.5) is 0 Å². The molecule has 7 heteroatoms. The van der Waals surface area contributed by atoms with E-state index in [2.05, 4.69) is 42.3 Å². The van der Waals surface area contributed by atoms with Crippen LogP contribution >= 0.6 is 15.9 Å². The summed E-state index contributed by atoms with van der Waals surface area (Å²) in [5.41, 5.74) is 8.91. The van der Waals surface area contributed by atoms with Crippen LogP contribution in [0.15, 0.2) is 28.0 Å². The maximum atomic E-state index is 9.04. The van der Waals surface area contributed by atoms with E-state index in [1.165, 1.54) is 0 Å². The Balaban J connectivity index is 2.49. The fourth-order valence-corrected chi connectivity index (χ4v) is 1.65. The molecule has 0 saturated carbocycles. The largest absolute Gasteiger partial charge is 0.298 e. The SMILES string of the molecule is N#CC(NCCCN=[N+]=[N-])c1cncc(Br)c1. The van der Waals surface area contributed by atoms with E-state index in [9.17, 15) is 0 Å². The Kier molecular flexibility index (Phi) is 6.04. The summed E-state index contributed by atoms with van der Waals surface area (Å²) in [5.74, 6) is 0. The molecule has 1 atom stereocenters. The van der Waals surface area contributed by atoms with Gasteiger partial charge >= 0.3 is 0 Å². The molecule has 1 heterocycles. The molecule has 1 N–H and O–H groups in total. The number of azide groups is 1. The highest BCUT2D eigenvalue weighted by molar-refractivity contribution is 9.10. The smallest absolute Gasteiger partial charge is 0.122 e. The molecule has 0 saturated heterocycles. The standard InChI is InChI=1S/C10H11BrN6/c11-9-4-8(6-14-7-9)10(5-12)15-2-1-3-16-17-13/h4,6-7,10,15H,1-3H2.